The van der Waals surface area contributed by atoms with Crippen molar-refractivity contribution >= 4 is 32.7 Å². The molecule has 2 aromatic heterocycles. The van der Waals surface area contributed by atoms with E-state index in [1.165, 1.54) is 41.9 Å². The van der Waals surface area contributed by atoms with Crippen molar-refractivity contribution in [1.29, 1.82) is 0 Å². The molecule has 0 aromatic carbocycles. The van der Waals surface area contributed by atoms with E-state index in [1.807, 2.05) is 20.8 Å². The van der Waals surface area contributed by atoms with Crippen LogP contribution in [0, 0.1) is 20.8 Å². The lowest BCUT2D eigenvalue weighted by atomic mass is 10.2. The minimum Gasteiger partial charge on any atom is -0.303 e. The molecular formula is C19H29N3O2S3. The molecule has 8 heteroatoms. The van der Waals surface area contributed by atoms with E-state index in [1.54, 1.807) is 17.4 Å². The highest BCUT2D eigenvalue weighted by atomic mass is 32.2. The number of sulfonamides is 1. The lowest BCUT2D eigenvalue weighted by Gasteiger charge is -2.19. The van der Waals surface area contributed by atoms with Gasteiger partial charge >= 0.3 is 0 Å². The molecule has 0 unspecified atom stereocenters. The van der Waals surface area contributed by atoms with Gasteiger partial charge in [-0.2, -0.15) is 0 Å². The molecule has 0 bridgehead atoms. The minimum absolute atomic E-state index is 0.391. The van der Waals surface area contributed by atoms with E-state index in [2.05, 4.69) is 14.6 Å². The van der Waals surface area contributed by atoms with Gasteiger partial charge < -0.3 is 4.90 Å². The molecule has 150 valence electrons. The first-order chi connectivity index (χ1) is 12.9. The molecule has 1 fully saturated rings. The predicted molar refractivity (Wildman–Crippen MR) is 114 cm³/mol. The van der Waals surface area contributed by atoms with Crippen LogP contribution in [0.3, 0.4) is 0 Å². The summed E-state index contributed by atoms with van der Waals surface area (Å²) in [5.74, 6) is 0. The molecule has 3 rings (SSSR count). The minimum atomic E-state index is -3.47. The third-order valence-electron chi connectivity index (χ3n) is 5.04. The third-order valence-corrected chi connectivity index (χ3v) is 9.05. The van der Waals surface area contributed by atoms with Gasteiger partial charge in [-0.3, -0.25) is 0 Å². The molecule has 0 radical (unpaired) electrons. The predicted octanol–water partition coefficient (Wildman–Crippen LogP) is 4.34. The van der Waals surface area contributed by atoms with Gasteiger partial charge in [-0.15, -0.1) is 22.7 Å². The fraction of sp³-hybridized carbons (Fsp3) is 0.632. The van der Waals surface area contributed by atoms with Crippen LogP contribution in [0.1, 0.15) is 47.6 Å². The zero-order chi connectivity index (χ0) is 19.4. The van der Waals surface area contributed by atoms with Crippen molar-refractivity contribution in [3.63, 3.8) is 0 Å². The van der Waals surface area contributed by atoms with Crippen LogP contribution in [0.25, 0.3) is 9.88 Å². The van der Waals surface area contributed by atoms with Crippen molar-refractivity contribution in [2.45, 2.75) is 57.8 Å². The first-order valence-electron chi connectivity index (χ1n) is 9.63. The maximum Gasteiger partial charge on any atom is 0.241 e. The van der Waals surface area contributed by atoms with Crippen LogP contribution in [-0.4, -0.2) is 44.5 Å². The Balaban J connectivity index is 1.59. The van der Waals surface area contributed by atoms with Crippen molar-refractivity contribution < 1.29 is 8.42 Å². The fourth-order valence-electron chi connectivity index (χ4n) is 3.36. The summed E-state index contributed by atoms with van der Waals surface area (Å²) in [6.45, 7) is 9.64. The smallest absolute Gasteiger partial charge is 0.241 e. The van der Waals surface area contributed by atoms with Crippen molar-refractivity contribution in [1.82, 2.24) is 14.6 Å². The second-order valence-corrected chi connectivity index (χ2v) is 11.4. The third kappa shape index (κ3) is 5.38. The molecule has 1 aliphatic rings. The van der Waals surface area contributed by atoms with E-state index in [0.717, 1.165) is 46.5 Å². The lowest BCUT2D eigenvalue weighted by molar-refractivity contribution is 0.282. The average molecular weight is 428 g/mol. The SMILES string of the molecule is Cc1nc(-c2cc(S(=O)(=O)NCCCN3CCCCCC3)c(C)s2)sc1C. The number of thiazole rings is 1. The van der Waals surface area contributed by atoms with Crippen molar-refractivity contribution in [2.24, 2.45) is 0 Å². The van der Waals surface area contributed by atoms with Crippen LogP contribution in [-0.2, 0) is 10.0 Å². The van der Waals surface area contributed by atoms with Gasteiger partial charge in [0.15, 0.2) is 0 Å². The molecule has 0 saturated carbocycles. The molecule has 1 aliphatic heterocycles. The number of nitrogens with zero attached hydrogens (tertiary/aromatic N) is 2. The standard InChI is InChI=1S/C19H29N3O2S3/c1-14-15(2)26-19(21-14)17-13-18(16(3)25-17)27(23,24)20-9-8-12-22-10-6-4-5-7-11-22/h13,20H,4-12H2,1-3H3. The number of nitrogens with one attached hydrogen (secondary N) is 1. The van der Waals surface area contributed by atoms with E-state index >= 15 is 0 Å². The number of hydrogen-bond donors (Lipinski definition) is 1. The van der Waals surface area contributed by atoms with Crippen molar-refractivity contribution in [2.75, 3.05) is 26.2 Å². The maximum absolute atomic E-state index is 12.7. The summed E-state index contributed by atoms with van der Waals surface area (Å²) in [5.41, 5.74) is 1.01. The highest BCUT2D eigenvalue weighted by molar-refractivity contribution is 7.89. The Morgan fingerprint density at radius 3 is 2.41 bits per heavy atom. The highest BCUT2D eigenvalue weighted by Crippen LogP contribution is 2.36. The van der Waals surface area contributed by atoms with Gasteiger partial charge in [-0.05, 0) is 65.7 Å². The summed E-state index contributed by atoms with van der Waals surface area (Å²) in [6.07, 6.45) is 6.01. The van der Waals surface area contributed by atoms with Gasteiger partial charge in [0.25, 0.3) is 0 Å². The van der Waals surface area contributed by atoms with Crippen molar-refractivity contribution in [3.8, 4) is 9.88 Å². The van der Waals surface area contributed by atoms with Crippen LogP contribution in [0.5, 0.6) is 0 Å². The summed E-state index contributed by atoms with van der Waals surface area (Å²) >= 11 is 3.12. The molecule has 0 spiro atoms. The van der Waals surface area contributed by atoms with Crippen LogP contribution in [0.2, 0.25) is 0 Å². The molecule has 0 atom stereocenters. The molecule has 3 heterocycles. The summed E-state index contributed by atoms with van der Waals surface area (Å²) in [6, 6.07) is 1.77. The number of likely N-dealkylation sites (tertiary alicyclic amines) is 1. The Hall–Kier alpha value is -0.800. The number of hydrogen-bond acceptors (Lipinski definition) is 6. The summed E-state index contributed by atoms with van der Waals surface area (Å²) in [5, 5.41) is 0.903. The van der Waals surface area contributed by atoms with Crippen molar-refractivity contribution in [3.05, 3.63) is 21.5 Å². The van der Waals surface area contributed by atoms with E-state index < -0.39 is 10.0 Å². The van der Waals surface area contributed by atoms with Crippen LogP contribution in [0.4, 0.5) is 0 Å². The van der Waals surface area contributed by atoms with Gasteiger partial charge in [0.05, 0.1) is 15.5 Å². The Kier molecular flexibility index (Phi) is 7.08. The van der Waals surface area contributed by atoms with Gasteiger partial charge in [-0.25, -0.2) is 18.1 Å². The first kappa shape index (κ1) is 20.9. The molecule has 0 amide bonds. The van der Waals surface area contributed by atoms with Gasteiger partial charge in [0.1, 0.15) is 5.01 Å². The Morgan fingerprint density at radius 2 is 1.78 bits per heavy atom. The van der Waals surface area contributed by atoms with E-state index in [9.17, 15) is 8.42 Å². The lowest BCUT2D eigenvalue weighted by Crippen LogP contribution is -2.30. The van der Waals surface area contributed by atoms with Gasteiger partial charge in [0.2, 0.25) is 10.0 Å². The van der Waals surface area contributed by atoms with Crippen LogP contribution >= 0.6 is 22.7 Å². The summed E-state index contributed by atoms with van der Waals surface area (Å²) in [4.78, 5) is 10.3. The topological polar surface area (TPSA) is 62.3 Å². The zero-order valence-electron chi connectivity index (χ0n) is 16.4. The van der Waals surface area contributed by atoms with Crippen LogP contribution < -0.4 is 4.72 Å². The van der Waals surface area contributed by atoms with E-state index in [-0.39, 0.29) is 0 Å². The second-order valence-electron chi connectivity index (χ2n) is 7.20. The molecule has 0 aliphatic carbocycles. The molecule has 27 heavy (non-hydrogen) atoms. The Labute approximate surface area is 170 Å². The summed E-state index contributed by atoms with van der Waals surface area (Å²) < 4.78 is 28.3. The van der Waals surface area contributed by atoms with Gasteiger partial charge in [-0.1, -0.05) is 12.8 Å². The Bertz CT molecular complexity index is 843. The second kappa shape index (κ2) is 9.13. The summed E-state index contributed by atoms with van der Waals surface area (Å²) in [7, 11) is -3.47. The van der Waals surface area contributed by atoms with E-state index in [0.29, 0.717) is 11.4 Å². The highest BCUT2D eigenvalue weighted by Gasteiger charge is 2.21. The molecule has 1 saturated heterocycles. The number of aryl methyl sites for hydroxylation is 3. The fourth-order valence-corrected chi connectivity index (χ4v) is 6.99. The molecule has 2 aromatic rings. The largest absolute Gasteiger partial charge is 0.303 e. The molecule has 1 N–H and O–H groups in total. The maximum atomic E-state index is 12.7. The molecule has 5 nitrogen and oxygen atoms in total. The normalized spacial score (nSPS) is 16.6. The monoisotopic (exact) mass is 427 g/mol. The first-order valence-corrected chi connectivity index (χ1v) is 12.8. The number of thiophene rings is 1. The van der Waals surface area contributed by atoms with Gasteiger partial charge in [0, 0.05) is 16.3 Å². The number of aromatic nitrogens is 1. The zero-order valence-corrected chi connectivity index (χ0v) is 18.8. The molecular weight excluding hydrogens is 398 g/mol. The number of rotatable bonds is 7. The Morgan fingerprint density at radius 1 is 1.07 bits per heavy atom. The quantitative estimate of drug-likeness (QED) is 0.668. The van der Waals surface area contributed by atoms with Crippen LogP contribution in [0.15, 0.2) is 11.0 Å². The average Bonchev–Trinajstić information content (AvgIpc) is 3.05. The van der Waals surface area contributed by atoms with E-state index in [4.69, 9.17) is 0 Å².